The Balaban J connectivity index is 2.90. The molecular weight excluding hydrogens is 284 g/mol. The lowest BCUT2D eigenvalue weighted by atomic mass is 10.1. The Hall–Kier alpha value is -2.81. The predicted octanol–water partition coefficient (Wildman–Crippen LogP) is 1.97. The van der Waals surface area contributed by atoms with Crippen LogP contribution in [-0.4, -0.2) is 29.6 Å². The van der Waals surface area contributed by atoms with Gasteiger partial charge in [-0.2, -0.15) is 5.26 Å². The van der Waals surface area contributed by atoms with Crippen LogP contribution in [-0.2, 0) is 9.59 Å². The fraction of sp³-hybridized carbons (Fsp3) is 0.312. The van der Waals surface area contributed by atoms with Crippen LogP contribution in [0.1, 0.15) is 25.8 Å². The van der Waals surface area contributed by atoms with Crippen LogP contribution in [0.15, 0.2) is 29.8 Å². The number of carboxylic acids is 1. The number of carbonyl (C=O) groups is 2. The zero-order valence-corrected chi connectivity index (χ0v) is 12.5. The summed E-state index contributed by atoms with van der Waals surface area (Å²) in [7, 11) is 0. The van der Waals surface area contributed by atoms with Crippen LogP contribution in [0.2, 0.25) is 0 Å². The fourth-order valence-electron chi connectivity index (χ4n) is 1.57. The van der Waals surface area contributed by atoms with Crippen molar-refractivity contribution in [1.29, 1.82) is 5.26 Å². The van der Waals surface area contributed by atoms with E-state index in [0.29, 0.717) is 17.9 Å². The Bertz CT molecular complexity index is 617. The molecule has 0 saturated carbocycles. The highest BCUT2D eigenvalue weighted by Gasteiger charge is 2.17. The Morgan fingerprint density at radius 1 is 1.50 bits per heavy atom. The van der Waals surface area contributed by atoms with Gasteiger partial charge in [-0.25, -0.2) is 0 Å². The molecule has 1 unspecified atom stereocenters. The van der Waals surface area contributed by atoms with Crippen molar-refractivity contribution in [2.75, 3.05) is 6.61 Å². The van der Waals surface area contributed by atoms with Gasteiger partial charge in [-0.1, -0.05) is 19.1 Å². The van der Waals surface area contributed by atoms with Crippen molar-refractivity contribution in [2.24, 2.45) is 0 Å². The molecule has 1 aromatic carbocycles. The number of nitrogens with zero attached hydrogens (tertiary/aromatic N) is 1. The molecule has 6 heteroatoms. The molecule has 0 aliphatic carbocycles. The molecule has 1 rings (SSSR count). The number of aliphatic carboxylic acids is 1. The minimum absolute atomic E-state index is 0.166. The van der Waals surface area contributed by atoms with E-state index >= 15 is 0 Å². The van der Waals surface area contributed by atoms with Crippen LogP contribution in [0.5, 0.6) is 5.75 Å². The lowest BCUT2D eigenvalue weighted by Crippen LogP contribution is -2.38. The third-order valence-electron chi connectivity index (χ3n) is 2.73. The summed E-state index contributed by atoms with van der Waals surface area (Å²) < 4.78 is 5.48. The first-order valence-electron chi connectivity index (χ1n) is 6.86. The van der Waals surface area contributed by atoms with Crippen molar-refractivity contribution in [3.63, 3.8) is 0 Å². The number of ether oxygens (including phenoxy) is 1. The van der Waals surface area contributed by atoms with Gasteiger partial charge >= 0.3 is 5.97 Å². The van der Waals surface area contributed by atoms with Crippen molar-refractivity contribution >= 4 is 18.0 Å². The van der Waals surface area contributed by atoms with Crippen molar-refractivity contribution in [2.45, 2.75) is 26.3 Å². The third kappa shape index (κ3) is 5.29. The maximum absolute atomic E-state index is 11.9. The van der Waals surface area contributed by atoms with E-state index in [2.05, 4.69) is 5.32 Å². The summed E-state index contributed by atoms with van der Waals surface area (Å²) >= 11 is 0. The second-order valence-electron chi connectivity index (χ2n) is 4.62. The molecule has 22 heavy (non-hydrogen) atoms. The number of benzene rings is 1. The van der Waals surface area contributed by atoms with Gasteiger partial charge in [-0.3, -0.25) is 9.59 Å². The van der Waals surface area contributed by atoms with Crippen LogP contribution in [0.3, 0.4) is 0 Å². The molecule has 0 aliphatic rings. The smallest absolute Gasteiger partial charge is 0.325 e. The first kappa shape index (κ1) is 17.2. The number of carboxylic acid groups (broad SMARTS) is 1. The lowest BCUT2D eigenvalue weighted by molar-refractivity contribution is -0.140. The average Bonchev–Trinajstić information content (AvgIpc) is 2.50. The van der Waals surface area contributed by atoms with Gasteiger partial charge in [-0.15, -0.1) is 0 Å². The molecule has 0 fully saturated rings. The number of hydrogen-bond donors (Lipinski definition) is 2. The molecule has 1 atom stereocenters. The number of amides is 1. The SMILES string of the molecule is CCCOc1cccc(/C=C(\C#N)C(=O)NC(C)C(=O)O)c1. The van der Waals surface area contributed by atoms with Crippen LogP contribution in [0.4, 0.5) is 0 Å². The van der Waals surface area contributed by atoms with Crippen LogP contribution in [0.25, 0.3) is 6.08 Å². The molecule has 1 amide bonds. The summed E-state index contributed by atoms with van der Waals surface area (Å²) in [6.45, 7) is 3.90. The first-order valence-corrected chi connectivity index (χ1v) is 6.86. The third-order valence-corrected chi connectivity index (χ3v) is 2.73. The van der Waals surface area contributed by atoms with Gasteiger partial charge < -0.3 is 15.2 Å². The highest BCUT2D eigenvalue weighted by molar-refractivity contribution is 6.03. The van der Waals surface area contributed by atoms with Crippen LogP contribution < -0.4 is 10.1 Å². The van der Waals surface area contributed by atoms with E-state index in [-0.39, 0.29) is 5.57 Å². The summed E-state index contributed by atoms with van der Waals surface area (Å²) in [5.41, 5.74) is 0.462. The van der Waals surface area contributed by atoms with E-state index in [1.54, 1.807) is 30.3 Å². The van der Waals surface area contributed by atoms with Crippen LogP contribution in [0, 0.1) is 11.3 Å². The number of nitriles is 1. The Labute approximate surface area is 129 Å². The molecule has 6 nitrogen and oxygen atoms in total. The maximum Gasteiger partial charge on any atom is 0.325 e. The van der Waals surface area contributed by atoms with E-state index in [9.17, 15) is 9.59 Å². The topological polar surface area (TPSA) is 99.4 Å². The van der Waals surface area contributed by atoms with Gasteiger partial charge in [0.15, 0.2) is 0 Å². The first-order chi connectivity index (χ1) is 10.5. The molecular formula is C16H18N2O4. The Morgan fingerprint density at radius 3 is 2.82 bits per heavy atom. The molecule has 0 radical (unpaired) electrons. The Morgan fingerprint density at radius 2 is 2.23 bits per heavy atom. The van der Waals surface area contributed by atoms with E-state index in [1.165, 1.54) is 13.0 Å². The summed E-state index contributed by atoms with van der Waals surface area (Å²) in [6.07, 6.45) is 2.27. The van der Waals surface area contributed by atoms with Crippen molar-refractivity contribution in [3.05, 3.63) is 35.4 Å². The predicted molar refractivity (Wildman–Crippen MR) is 81.1 cm³/mol. The van der Waals surface area contributed by atoms with Crippen molar-refractivity contribution < 1.29 is 19.4 Å². The molecule has 0 aliphatic heterocycles. The number of nitrogens with one attached hydrogen (secondary N) is 1. The molecule has 0 spiro atoms. The monoisotopic (exact) mass is 302 g/mol. The molecule has 0 heterocycles. The van der Waals surface area contributed by atoms with E-state index in [0.717, 1.165) is 6.42 Å². The number of carbonyl (C=O) groups excluding carboxylic acids is 1. The highest BCUT2D eigenvalue weighted by Crippen LogP contribution is 2.16. The lowest BCUT2D eigenvalue weighted by Gasteiger charge is -2.08. The van der Waals surface area contributed by atoms with Gasteiger partial charge in [0.25, 0.3) is 5.91 Å². The highest BCUT2D eigenvalue weighted by atomic mass is 16.5. The van der Waals surface area contributed by atoms with Crippen molar-refractivity contribution in [1.82, 2.24) is 5.32 Å². The summed E-state index contributed by atoms with van der Waals surface area (Å²) in [6, 6.07) is 7.68. The van der Waals surface area contributed by atoms with E-state index in [1.807, 2.05) is 6.92 Å². The molecule has 2 N–H and O–H groups in total. The van der Waals surface area contributed by atoms with Gasteiger partial charge in [0, 0.05) is 0 Å². The zero-order chi connectivity index (χ0) is 16.5. The molecule has 116 valence electrons. The Kier molecular flexibility index (Phi) is 6.64. The van der Waals surface area contributed by atoms with Gasteiger partial charge in [0.1, 0.15) is 23.4 Å². The number of hydrogen-bond acceptors (Lipinski definition) is 4. The normalized spacial score (nSPS) is 12.1. The van der Waals surface area contributed by atoms with Gasteiger partial charge in [0.2, 0.25) is 0 Å². The molecule has 1 aromatic rings. The number of rotatable bonds is 7. The van der Waals surface area contributed by atoms with E-state index in [4.69, 9.17) is 15.1 Å². The van der Waals surface area contributed by atoms with Crippen LogP contribution >= 0.6 is 0 Å². The maximum atomic E-state index is 11.9. The molecule has 0 aromatic heterocycles. The molecule has 0 saturated heterocycles. The second kappa shape index (κ2) is 8.47. The van der Waals surface area contributed by atoms with Gasteiger partial charge in [0.05, 0.1) is 6.61 Å². The second-order valence-corrected chi connectivity index (χ2v) is 4.62. The minimum atomic E-state index is -1.17. The van der Waals surface area contributed by atoms with E-state index < -0.39 is 17.9 Å². The average molecular weight is 302 g/mol. The quantitative estimate of drug-likeness (QED) is 0.592. The largest absolute Gasteiger partial charge is 0.494 e. The zero-order valence-electron chi connectivity index (χ0n) is 12.5. The van der Waals surface area contributed by atoms with Crippen molar-refractivity contribution in [3.8, 4) is 11.8 Å². The van der Waals surface area contributed by atoms with Gasteiger partial charge in [-0.05, 0) is 37.1 Å². The minimum Gasteiger partial charge on any atom is -0.494 e. The summed E-state index contributed by atoms with van der Waals surface area (Å²) in [5.74, 6) is -1.25. The molecule has 0 bridgehead atoms. The fourth-order valence-corrected chi connectivity index (χ4v) is 1.57. The summed E-state index contributed by atoms with van der Waals surface area (Å²) in [5, 5.41) is 20.1. The summed E-state index contributed by atoms with van der Waals surface area (Å²) in [4.78, 5) is 22.6. The standard InChI is InChI=1S/C16H18N2O4/c1-3-7-22-14-6-4-5-12(9-14)8-13(10-17)15(19)18-11(2)16(20)21/h4-6,8-9,11H,3,7H2,1-2H3,(H,18,19)(H,20,21)/b13-8+.